The number of hydrogen-bond acceptors (Lipinski definition) is 3. The Labute approximate surface area is 211 Å². The summed E-state index contributed by atoms with van der Waals surface area (Å²) < 4.78 is 7.30. The Morgan fingerprint density at radius 2 is 1.58 bits per heavy atom. The molecule has 0 aliphatic carbocycles. The van der Waals surface area contributed by atoms with Gasteiger partial charge in [-0.1, -0.05) is 74.4 Å². The molecule has 0 unspecified atom stereocenters. The Morgan fingerprint density at radius 3 is 2.36 bits per heavy atom. The lowest BCUT2D eigenvalue weighted by Crippen LogP contribution is -2.03. The molecule has 0 radical (unpaired) electrons. The van der Waals surface area contributed by atoms with Gasteiger partial charge in [0.25, 0.3) is 0 Å². The summed E-state index contributed by atoms with van der Waals surface area (Å²) in [5.74, 6) is -0.200. The number of carbonyl (C=O) groups excluding carboxylic acids is 1. The number of carbonyl (C=O) groups is 1. The fraction of sp³-hybridized carbons (Fsp3) is 0.219. The van der Waals surface area contributed by atoms with Gasteiger partial charge in [0.2, 0.25) is 0 Å². The number of rotatable bonds is 8. The van der Waals surface area contributed by atoms with Crippen molar-refractivity contribution in [2.75, 3.05) is 7.11 Å². The zero-order valence-electron chi connectivity index (χ0n) is 20.8. The van der Waals surface area contributed by atoms with Crippen LogP contribution in [0.25, 0.3) is 32.9 Å². The summed E-state index contributed by atoms with van der Waals surface area (Å²) >= 11 is 0. The molecule has 5 aromatic rings. The van der Waals surface area contributed by atoms with Gasteiger partial charge in [-0.15, -0.1) is 0 Å². The maximum atomic E-state index is 12.7. The van der Waals surface area contributed by atoms with Crippen LogP contribution in [0.3, 0.4) is 0 Å². The molecule has 1 aromatic heterocycles. The van der Waals surface area contributed by atoms with Crippen molar-refractivity contribution in [1.82, 2.24) is 4.57 Å². The second kappa shape index (κ2) is 10.3. The molecule has 0 aliphatic rings. The molecule has 182 valence electrons. The highest BCUT2D eigenvalue weighted by Gasteiger charge is 2.21. The smallest absolute Gasteiger partial charge is 0.338 e. The molecule has 0 saturated carbocycles. The van der Waals surface area contributed by atoms with Gasteiger partial charge in [0, 0.05) is 11.9 Å². The van der Waals surface area contributed by atoms with Crippen molar-refractivity contribution in [3.63, 3.8) is 0 Å². The summed E-state index contributed by atoms with van der Waals surface area (Å²) in [5, 5.41) is 12.6. The van der Waals surface area contributed by atoms with Gasteiger partial charge in [-0.05, 0) is 65.4 Å². The first kappa shape index (κ1) is 23.7. The maximum Gasteiger partial charge on any atom is 0.338 e. The van der Waals surface area contributed by atoms with E-state index in [1.807, 2.05) is 36.4 Å². The summed E-state index contributed by atoms with van der Waals surface area (Å²) in [7, 11) is 1.39. The highest BCUT2D eigenvalue weighted by molar-refractivity contribution is 6.19. The van der Waals surface area contributed by atoms with Crippen LogP contribution in [0.2, 0.25) is 0 Å². The van der Waals surface area contributed by atoms with Gasteiger partial charge in [-0.25, -0.2) is 4.79 Å². The van der Waals surface area contributed by atoms with E-state index in [0.717, 1.165) is 58.8 Å². The van der Waals surface area contributed by atoms with Crippen LogP contribution in [0.15, 0.2) is 84.9 Å². The number of hydrogen-bond donors (Lipinski definition) is 1. The number of esters is 1. The van der Waals surface area contributed by atoms with Crippen LogP contribution >= 0.6 is 0 Å². The molecule has 36 heavy (non-hydrogen) atoms. The van der Waals surface area contributed by atoms with Gasteiger partial charge in [-0.3, -0.25) is 0 Å². The third-order valence-corrected chi connectivity index (χ3v) is 6.88. The first-order valence-corrected chi connectivity index (χ1v) is 12.6. The molecule has 0 amide bonds. The van der Waals surface area contributed by atoms with Gasteiger partial charge < -0.3 is 14.4 Å². The molecule has 0 bridgehead atoms. The van der Waals surface area contributed by atoms with E-state index in [9.17, 15) is 9.90 Å². The van der Waals surface area contributed by atoms with Crippen LogP contribution in [0, 0.1) is 0 Å². The second-order valence-electron chi connectivity index (χ2n) is 9.31. The fourth-order valence-electron chi connectivity index (χ4n) is 5.13. The van der Waals surface area contributed by atoms with Crippen molar-refractivity contribution in [2.45, 2.75) is 39.2 Å². The molecular formula is C32H31NO3. The van der Waals surface area contributed by atoms with Gasteiger partial charge >= 0.3 is 5.97 Å². The van der Waals surface area contributed by atoms with Crippen LogP contribution in [0.5, 0.6) is 5.75 Å². The molecule has 0 spiro atoms. The highest BCUT2D eigenvalue weighted by atomic mass is 16.5. The summed E-state index contributed by atoms with van der Waals surface area (Å²) in [4.78, 5) is 12.7. The van der Waals surface area contributed by atoms with Crippen molar-refractivity contribution in [3.05, 3.63) is 102 Å². The Kier molecular flexibility index (Phi) is 6.77. The van der Waals surface area contributed by atoms with Crippen LogP contribution < -0.4 is 0 Å². The van der Waals surface area contributed by atoms with E-state index in [0.29, 0.717) is 17.5 Å². The zero-order chi connectivity index (χ0) is 25.1. The second-order valence-corrected chi connectivity index (χ2v) is 9.31. The number of ether oxygens (including phenoxy) is 1. The highest BCUT2D eigenvalue weighted by Crippen LogP contribution is 2.39. The molecule has 0 atom stereocenters. The number of unbranched alkanes of at least 4 members (excludes halogenated alkanes) is 2. The van der Waals surface area contributed by atoms with E-state index < -0.39 is 5.97 Å². The topological polar surface area (TPSA) is 51.5 Å². The third-order valence-electron chi connectivity index (χ3n) is 6.88. The minimum atomic E-state index is -0.405. The average molecular weight is 478 g/mol. The number of aromatic nitrogens is 1. The summed E-state index contributed by atoms with van der Waals surface area (Å²) in [5.41, 5.74) is 6.88. The predicted octanol–water partition coefficient (Wildman–Crippen LogP) is 7.73. The third kappa shape index (κ3) is 4.47. The lowest BCUT2D eigenvalue weighted by molar-refractivity contribution is 0.0603. The Bertz CT molecular complexity index is 1530. The summed E-state index contributed by atoms with van der Waals surface area (Å²) in [6.45, 7) is 2.81. The number of phenolic OH excluding ortho intramolecular Hbond substituents is 1. The molecule has 5 rings (SSSR count). The molecule has 0 fully saturated rings. The van der Waals surface area contributed by atoms with Gasteiger partial charge in [0.05, 0.1) is 29.1 Å². The Hall–Kier alpha value is -4.05. The Balaban J connectivity index is 1.69. The standard InChI is InChI=1S/C32H31NO3/c1-3-4-6-11-22-19-28-31(29(34)20-22)30-26(32(35)36-2)16-10-17-27(30)33(28)21-23-12-9-15-25(18-23)24-13-7-5-8-14-24/h5,7-10,12-20,34H,3-4,6,11,21H2,1-2H3. The number of aromatic hydroxyl groups is 1. The van der Waals surface area contributed by atoms with E-state index in [1.165, 1.54) is 12.7 Å². The number of fused-ring (bicyclic) bond motifs is 3. The fourth-order valence-corrected chi connectivity index (χ4v) is 5.13. The molecule has 1 heterocycles. The molecule has 0 saturated heterocycles. The van der Waals surface area contributed by atoms with Crippen LogP contribution in [0.4, 0.5) is 0 Å². The van der Waals surface area contributed by atoms with Crippen molar-refractivity contribution in [1.29, 1.82) is 0 Å². The molecule has 4 aromatic carbocycles. The van der Waals surface area contributed by atoms with E-state index in [4.69, 9.17) is 4.74 Å². The van der Waals surface area contributed by atoms with Gasteiger partial charge in [0.1, 0.15) is 5.75 Å². The first-order chi connectivity index (χ1) is 17.6. The Morgan fingerprint density at radius 1 is 0.806 bits per heavy atom. The quantitative estimate of drug-likeness (QED) is 0.184. The minimum Gasteiger partial charge on any atom is -0.507 e. The average Bonchev–Trinajstić information content (AvgIpc) is 3.23. The van der Waals surface area contributed by atoms with Crippen LogP contribution in [0.1, 0.15) is 47.7 Å². The van der Waals surface area contributed by atoms with Crippen molar-refractivity contribution in [2.24, 2.45) is 0 Å². The zero-order valence-corrected chi connectivity index (χ0v) is 20.8. The molecule has 4 heteroatoms. The molecule has 1 N–H and O–H groups in total. The largest absolute Gasteiger partial charge is 0.507 e. The lowest BCUT2D eigenvalue weighted by atomic mass is 10.0. The normalized spacial score (nSPS) is 11.3. The SMILES string of the molecule is CCCCCc1cc(O)c2c3c(C(=O)OC)cccc3n(Cc3cccc(-c4ccccc4)c3)c2c1. The van der Waals surface area contributed by atoms with E-state index in [-0.39, 0.29) is 5.75 Å². The lowest BCUT2D eigenvalue weighted by Gasteiger charge is -2.11. The number of nitrogens with zero attached hydrogens (tertiary/aromatic N) is 1. The number of aryl methyl sites for hydroxylation is 1. The predicted molar refractivity (Wildman–Crippen MR) is 147 cm³/mol. The van der Waals surface area contributed by atoms with Crippen molar-refractivity contribution < 1.29 is 14.6 Å². The molecule has 0 aliphatic heterocycles. The van der Waals surface area contributed by atoms with Gasteiger partial charge in [-0.2, -0.15) is 0 Å². The number of benzene rings is 4. The van der Waals surface area contributed by atoms with Crippen LogP contribution in [-0.2, 0) is 17.7 Å². The van der Waals surface area contributed by atoms with Crippen molar-refractivity contribution in [3.8, 4) is 16.9 Å². The van der Waals surface area contributed by atoms with E-state index >= 15 is 0 Å². The van der Waals surface area contributed by atoms with Crippen LogP contribution in [-0.4, -0.2) is 22.8 Å². The van der Waals surface area contributed by atoms with Gasteiger partial charge in [0.15, 0.2) is 0 Å². The number of methoxy groups -OCH3 is 1. The van der Waals surface area contributed by atoms with E-state index in [1.54, 1.807) is 6.07 Å². The maximum absolute atomic E-state index is 12.7. The summed E-state index contributed by atoms with van der Waals surface area (Å²) in [6.07, 6.45) is 4.29. The molecular weight excluding hydrogens is 446 g/mol. The number of phenols is 1. The summed E-state index contributed by atoms with van der Waals surface area (Å²) in [6, 6.07) is 28.6. The van der Waals surface area contributed by atoms with E-state index in [2.05, 4.69) is 54.0 Å². The monoisotopic (exact) mass is 477 g/mol. The molecule has 4 nitrogen and oxygen atoms in total. The van der Waals surface area contributed by atoms with Crippen molar-refractivity contribution >= 4 is 27.8 Å². The minimum absolute atomic E-state index is 0.206. The first-order valence-electron chi connectivity index (χ1n) is 12.6.